The summed E-state index contributed by atoms with van der Waals surface area (Å²) in [7, 11) is 0. The van der Waals surface area contributed by atoms with Crippen molar-refractivity contribution in [3.05, 3.63) is 42.2 Å². The second-order valence-corrected chi connectivity index (χ2v) is 8.67. The van der Waals surface area contributed by atoms with Gasteiger partial charge < -0.3 is 4.74 Å². The molecule has 2 aromatic rings. The third-order valence-electron chi connectivity index (χ3n) is 5.97. The molecule has 0 bridgehead atoms. The van der Waals surface area contributed by atoms with E-state index in [4.69, 9.17) is 4.74 Å². The fourth-order valence-corrected chi connectivity index (χ4v) is 3.64. The van der Waals surface area contributed by atoms with E-state index in [2.05, 4.69) is 55.0 Å². The molecule has 0 aliphatic rings. The topological polar surface area (TPSA) is 35.0 Å². The van der Waals surface area contributed by atoms with Gasteiger partial charge in [-0.2, -0.15) is 0 Å². The molecule has 2 rings (SSSR count). The zero-order chi connectivity index (χ0) is 21.4. The van der Waals surface area contributed by atoms with Gasteiger partial charge in [-0.3, -0.25) is 0 Å². The van der Waals surface area contributed by atoms with Crippen molar-refractivity contribution in [3.63, 3.8) is 0 Å². The summed E-state index contributed by atoms with van der Waals surface area (Å²) in [5.41, 5.74) is 2.47. The Morgan fingerprint density at radius 1 is 0.800 bits per heavy atom. The van der Waals surface area contributed by atoms with Crippen molar-refractivity contribution in [2.75, 3.05) is 6.61 Å². The fraction of sp³-hybridized carbons (Fsp3) is 0.630. The van der Waals surface area contributed by atoms with Gasteiger partial charge in [-0.15, -0.1) is 0 Å². The van der Waals surface area contributed by atoms with E-state index in [9.17, 15) is 0 Å². The van der Waals surface area contributed by atoms with E-state index in [-0.39, 0.29) is 0 Å². The first-order valence-electron chi connectivity index (χ1n) is 12.3. The smallest absolute Gasteiger partial charge is 0.159 e. The highest BCUT2D eigenvalue weighted by Crippen LogP contribution is 2.19. The van der Waals surface area contributed by atoms with Crippen molar-refractivity contribution in [2.45, 2.75) is 97.8 Å². The van der Waals surface area contributed by atoms with Crippen LogP contribution >= 0.6 is 0 Å². The molecule has 0 saturated carbocycles. The number of rotatable bonds is 16. The second kappa shape index (κ2) is 15.0. The number of nitrogens with zero attached hydrogens (tertiary/aromatic N) is 2. The highest BCUT2D eigenvalue weighted by atomic mass is 16.5. The molecule has 0 amide bonds. The molecule has 0 saturated heterocycles. The minimum Gasteiger partial charge on any atom is -0.490 e. The van der Waals surface area contributed by atoms with Crippen molar-refractivity contribution < 1.29 is 4.74 Å². The predicted molar refractivity (Wildman–Crippen MR) is 128 cm³/mol. The highest BCUT2D eigenvalue weighted by molar-refractivity contribution is 5.55. The molecule has 0 N–H and O–H groups in total. The first-order chi connectivity index (χ1) is 14.7. The number of unbranched alkanes of at least 4 members (excludes halogenated alkanes) is 7. The maximum Gasteiger partial charge on any atom is 0.159 e. The van der Waals surface area contributed by atoms with Crippen LogP contribution in [0.15, 0.2) is 36.7 Å². The number of ether oxygens (including phenoxy) is 1. The molecule has 0 radical (unpaired) electrons. The van der Waals surface area contributed by atoms with Gasteiger partial charge in [0.15, 0.2) is 11.6 Å². The molecule has 166 valence electrons. The van der Waals surface area contributed by atoms with Crippen LogP contribution in [0.5, 0.6) is 5.75 Å². The molecule has 1 heterocycles. The third-order valence-corrected chi connectivity index (χ3v) is 5.97. The van der Waals surface area contributed by atoms with Crippen molar-refractivity contribution in [3.8, 4) is 17.1 Å². The molecule has 0 spiro atoms. The van der Waals surface area contributed by atoms with Gasteiger partial charge in [0.25, 0.3) is 0 Å². The molecular formula is C27H42N2O. The number of hydrogen-bond donors (Lipinski definition) is 0. The maximum absolute atomic E-state index is 5.80. The molecule has 0 aliphatic heterocycles. The lowest BCUT2D eigenvalue weighted by Gasteiger charge is -2.09. The maximum atomic E-state index is 5.80. The molecule has 1 aromatic heterocycles. The van der Waals surface area contributed by atoms with Gasteiger partial charge in [-0.25, -0.2) is 9.97 Å². The van der Waals surface area contributed by atoms with Gasteiger partial charge in [0.05, 0.1) is 19.0 Å². The molecule has 1 aromatic carbocycles. The number of aryl methyl sites for hydroxylation is 1. The van der Waals surface area contributed by atoms with Gasteiger partial charge in [0.2, 0.25) is 0 Å². The lowest BCUT2D eigenvalue weighted by Crippen LogP contribution is -2.00. The summed E-state index contributed by atoms with van der Waals surface area (Å²) in [5, 5.41) is 0. The van der Waals surface area contributed by atoms with Crippen molar-refractivity contribution in [1.29, 1.82) is 0 Å². The van der Waals surface area contributed by atoms with E-state index in [1.54, 1.807) is 12.4 Å². The van der Waals surface area contributed by atoms with Gasteiger partial charge in [-0.05, 0) is 30.7 Å². The van der Waals surface area contributed by atoms with Gasteiger partial charge in [0.1, 0.15) is 0 Å². The largest absolute Gasteiger partial charge is 0.490 e. The Kier molecular flexibility index (Phi) is 12.2. The minimum absolute atomic E-state index is 0.746. The summed E-state index contributed by atoms with van der Waals surface area (Å²) in [6, 6.07) is 8.71. The normalized spacial score (nSPS) is 12.1. The molecule has 0 aliphatic carbocycles. The lowest BCUT2D eigenvalue weighted by molar-refractivity contribution is 0.300. The van der Waals surface area contributed by atoms with E-state index in [1.807, 2.05) is 0 Å². The first kappa shape index (κ1) is 24.4. The van der Waals surface area contributed by atoms with Crippen LogP contribution in [0, 0.1) is 5.92 Å². The summed E-state index contributed by atoms with van der Waals surface area (Å²) >= 11 is 0. The van der Waals surface area contributed by atoms with Crippen LogP contribution in [0.2, 0.25) is 0 Å². The monoisotopic (exact) mass is 410 g/mol. The summed E-state index contributed by atoms with van der Waals surface area (Å²) in [6.45, 7) is 7.61. The minimum atomic E-state index is 0.746. The highest BCUT2D eigenvalue weighted by Gasteiger charge is 2.04. The molecule has 1 atom stereocenters. The summed E-state index contributed by atoms with van der Waals surface area (Å²) < 4.78 is 5.80. The molecular weight excluding hydrogens is 368 g/mol. The van der Waals surface area contributed by atoms with E-state index >= 15 is 0 Å². The number of benzene rings is 1. The van der Waals surface area contributed by atoms with Crippen LogP contribution in [-0.2, 0) is 6.42 Å². The molecule has 0 fully saturated rings. The third kappa shape index (κ3) is 9.73. The van der Waals surface area contributed by atoms with Crippen LogP contribution < -0.4 is 4.74 Å². The van der Waals surface area contributed by atoms with Crippen LogP contribution in [0.3, 0.4) is 0 Å². The van der Waals surface area contributed by atoms with E-state index < -0.39 is 0 Å². The Hall–Kier alpha value is -1.90. The average Bonchev–Trinajstić information content (AvgIpc) is 2.79. The second-order valence-electron chi connectivity index (χ2n) is 8.67. The Morgan fingerprint density at radius 2 is 1.47 bits per heavy atom. The standard InChI is InChI=1S/C27H42N2O/c1-4-6-7-8-9-12-15-24-16-18-25(19-17-24)27-28-21-26(22-29-27)30-20-13-10-11-14-23(3)5-2/h16-19,21-23H,4-15,20H2,1-3H3/t23-/m0/s1. The van der Waals surface area contributed by atoms with Crippen molar-refractivity contribution >= 4 is 0 Å². The van der Waals surface area contributed by atoms with Crippen LogP contribution in [0.1, 0.15) is 97.0 Å². The Balaban J connectivity index is 1.67. The molecule has 3 heteroatoms. The average molecular weight is 411 g/mol. The van der Waals surface area contributed by atoms with Gasteiger partial charge >= 0.3 is 0 Å². The fourth-order valence-electron chi connectivity index (χ4n) is 3.64. The summed E-state index contributed by atoms with van der Waals surface area (Å²) in [4.78, 5) is 8.99. The van der Waals surface area contributed by atoms with Crippen molar-refractivity contribution in [1.82, 2.24) is 9.97 Å². The van der Waals surface area contributed by atoms with E-state index in [0.29, 0.717) is 0 Å². The van der Waals surface area contributed by atoms with Crippen molar-refractivity contribution in [2.24, 2.45) is 5.92 Å². The SMILES string of the molecule is CCCCCCCCc1ccc(-c2ncc(OCCCCC[C@@H](C)CC)cn2)cc1. The van der Waals surface area contributed by atoms with Crippen LogP contribution in [-0.4, -0.2) is 16.6 Å². The predicted octanol–water partition coefficient (Wildman–Crippen LogP) is 8.03. The summed E-state index contributed by atoms with van der Waals surface area (Å²) in [5.74, 6) is 2.37. The Bertz CT molecular complexity index is 666. The zero-order valence-corrected chi connectivity index (χ0v) is 19.5. The summed E-state index contributed by atoms with van der Waals surface area (Å²) in [6.07, 6.45) is 19.0. The number of aromatic nitrogens is 2. The Morgan fingerprint density at radius 3 is 2.17 bits per heavy atom. The first-order valence-corrected chi connectivity index (χ1v) is 12.3. The lowest BCUT2D eigenvalue weighted by atomic mass is 10.0. The molecule has 0 unspecified atom stereocenters. The Labute approximate surface area is 184 Å². The molecule has 30 heavy (non-hydrogen) atoms. The quantitative estimate of drug-likeness (QED) is 0.263. The van der Waals surface area contributed by atoms with Gasteiger partial charge in [0, 0.05) is 5.56 Å². The zero-order valence-electron chi connectivity index (χ0n) is 19.5. The van der Waals surface area contributed by atoms with Gasteiger partial charge in [-0.1, -0.05) is 103 Å². The van der Waals surface area contributed by atoms with Crippen LogP contribution in [0.25, 0.3) is 11.4 Å². The molecule has 3 nitrogen and oxygen atoms in total. The van der Waals surface area contributed by atoms with E-state index in [0.717, 1.165) is 42.5 Å². The number of hydrogen-bond acceptors (Lipinski definition) is 3. The van der Waals surface area contributed by atoms with E-state index in [1.165, 1.54) is 69.8 Å². The van der Waals surface area contributed by atoms with Crippen LogP contribution in [0.4, 0.5) is 0 Å².